The molecule has 3 aromatic rings. The van der Waals surface area contributed by atoms with E-state index in [-0.39, 0.29) is 6.61 Å². The van der Waals surface area contributed by atoms with Crippen LogP contribution in [0.25, 0.3) is 11.5 Å². The zero-order chi connectivity index (χ0) is 21.0. The van der Waals surface area contributed by atoms with Gasteiger partial charge in [-0.1, -0.05) is 29.5 Å². The van der Waals surface area contributed by atoms with Crippen LogP contribution >= 0.6 is 11.8 Å². The summed E-state index contributed by atoms with van der Waals surface area (Å²) in [6.45, 7) is 7.80. The van der Waals surface area contributed by atoms with Gasteiger partial charge in [0.1, 0.15) is 17.4 Å². The molecule has 3 rings (SSSR count). The van der Waals surface area contributed by atoms with Gasteiger partial charge in [0.25, 0.3) is 0 Å². The molecule has 29 heavy (non-hydrogen) atoms. The average Bonchev–Trinajstić information content (AvgIpc) is 3.15. The third-order valence-electron chi connectivity index (χ3n) is 4.31. The molecule has 0 aliphatic heterocycles. The van der Waals surface area contributed by atoms with E-state index in [1.807, 2.05) is 26.0 Å². The van der Waals surface area contributed by atoms with Crippen molar-refractivity contribution in [1.29, 1.82) is 5.26 Å². The van der Waals surface area contributed by atoms with Gasteiger partial charge in [0, 0.05) is 11.3 Å². The van der Waals surface area contributed by atoms with Crippen LogP contribution in [0.15, 0.2) is 40.0 Å². The smallest absolute Gasteiger partial charge is 0.340 e. The Balaban J connectivity index is 1.78. The summed E-state index contributed by atoms with van der Waals surface area (Å²) in [4.78, 5) is 21.0. The Bertz CT molecular complexity index is 1100. The summed E-state index contributed by atoms with van der Waals surface area (Å²) in [7, 11) is 0. The highest BCUT2D eigenvalue weighted by Gasteiger charge is 2.17. The Morgan fingerprint density at radius 3 is 2.72 bits per heavy atom. The Morgan fingerprint density at radius 2 is 2.03 bits per heavy atom. The number of hydrogen-bond donors (Lipinski definition) is 0. The summed E-state index contributed by atoms with van der Waals surface area (Å²) in [5, 5.41) is 10.0. The number of pyridine rings is 1. The normalized spacial score (nSPS) is 10.6. The number of nitrogens with zero attached hydrogens (tertiary/aromatic N) is 3. The highest BCUT2D eigenvalue weighted by Crippen LogP contribution is 2.28. The first-order chi connectivity index (χ1) is 13.9. The molecule has 0 N–H and O–H groups in total. The predicted octanol–water partition coefficient (Wildman–Crippen LogP) is 5.00. The second-order valence-corrected chi connectivity index (χ2v) is 7.52. The van der Waals surface area contributed by atoms with Gasteiger partial charge in [-0.25, -0.2) is 14.8 Å². The van der Waals surface area contributed by atoms with Crippen molar-refractivity contribution in [1.82, 2.24) is 9.97 Å². The number of aromatic nitrogens is 2. The summed E-state index contributed by atoms with van der Waals surface area (Å²) < 4.78 is 10.7. The highest BCUT2D eigenvalue weighted by atomic mass is 32.2. The maximum absolute atomic E-state index is 12.0. The fraction of sp³-hybridized carbons (Fsp3) is 0.273. The number of thioether (sulfide) groups is 1. The number of nitriles is 1. The predicted molar refractivity (Wildman–Crippen MR) is 111 cm³/mol. The van der Waals surface area contributed by atoms with Crippen molar-refractivity contribution in [2.24, 2.45) is 0 Å². The molecule has 0 spiro atoms. The zero-order valence-corrected chi connectivity index (χ0v) is 17.6. The number of oxazole rings is 1. The fourth-order valence-corrected chi connectivity index (χ4v) is 3.76. The van der Waals surface area contributed by atoms with Gasteiger partial charge in [0.05, 0.1) is 29.1 Å². The maximum Gasteiger partial charge on any atom is 0.340 e. The van der Waals surface area contributed by atoms with E-state index in [1.165, 1.54) is 23.4 Å². The van der Waals surface area contributed by atoms with E-state index < -0.39 is 5.97 Å². The van der Waals surface area contributed by atoms with E-state index in [9.17, 15) is 10.1 Å². The van der Waals surface area contributed by atoms with Crippen LogP contribution in [0.2, 0.25) is 0 Å². The van der Waals surface area contributed by atoms with Gasteiger partial charge in [-0.2, -0.15) is 5.26 Å². The highest BCUT2D eigenvalue weighted by molar-refractivity contribution is 7.98. The Hall–Kier alpha value is -3.11. The molecule has 0 atom stereocenters. The first-order valence-corrected chi connectivity index (χ1v) is 10.1. The Morgan fingerprint density at radius 1 is 1.24 bits per heavy atom. The van der Waals surface area contributed by atoms with Gasteiger partial charge in [-0.3, -0.25) is 0 Å². The van der Waals surface area contributed by atoms with Crippen molar-refractivity contribution in [3.63, 3.8) is 0 Å². The zero-order valence-electron chi connectivity index (χ0n) is 16.8. The van der Waals surface area contributed by atoms with Crippen LogP contribution in [0.3, 0.4) is 0 Å². The largest absolute Gasteiger partial charge is 0.462 e. The second kappa shape index (κ2) is 8.93. The van der Waals surface area contributed by atoms with Crippen molar-refractivity contribution in [2.45, 2.75) is 38.5 Å². The number of carbonyl (C=O) groups excluding carboxylic acids is 1. The lowest BCUT2D eigenvalue weighted by Crippen LogP contribution is -2.09. The van der Waals surface area contributed by atoms with E-state index in [0.29, 0.717) is 33.5 Å². The molecule has 0 bridgehead atoms. The lowest BCUT2D eigenvalue weighted by atomic mass is 10.1. The molecule has 2 aromatic heterocycles. The van der Waals surface area contributed by atoms with Crippen molar-refractivity contribution in [2.75, 3.05) is 6.61 Å². The number of ether oxygens (including phenoxy) is 1. The van der Waals surface area contributed by atoms with Crippen LogP contribution < -0.4 is 0 Å². The molecule has 7 heteroatoms. The number of hydrogen-bond acceptors (Lipinski definition) is 7. The van der Waals surface area contributed by atoms with Gasteiger partial charge in [0.2, 0.25) is 5.89 Å². The van der Waals surface area contributed by atoms with E-state index in [1.54, 1.807) is 20.1 Å². The summed E-state index contributed by atoms with van der Waals surface area (Å²) >= 11 is 1.38. The van der Waals surface area contributed by atoms with Gasteiger partial charge in [-0.05, 0) is 45.4 Å². The first-order valence-electron chi connectivity index (χ1n) is 9.16. The van der Waals surface area contributed by atoms with E-state index >= 15 is 0 Å². The number of carbonyl (C=O) groups is 1. The van der Waals surface area contributed by atoms with Crippen LogP contribution in [0.5, 0.6) is 0 Å². The van der Waals surface area contributed by atoms with Crippen LogP contribution in [-0.2, 0) is 10.5 Å². The Kier molecular flexibility index (Phi) is 6.35. The topological polar surface area (TPSA) is 89.0 Å². The standard InChI is InChI=1S/C22H21N3O3S/c1-5-27-22(26)19-9-16(10-23)21(24-15(19)4)29-12-17-11-28-20(25-17)18-7-6-13(2)8-14(18)3/h6-9,11H,5,12H2,1-4H3. The third kappa shape index (κ3) is 4.66. The molecule has 0 saturated heterocycles. The molecule has 0 amide bonds. The number of rotatable bonds is 6. The lowest BCUT2D eigenvalue weighted by molar-refractivity contribution is 0.0524. The summed E-state index contributed by atoms with van der Waals surface area (Å²) in [6.07, 6.45) is 1.62. The van der Waals surface area contributed by atoms with Gasteiger partial charge < -0.3 is 9.15 Å². The Labute approximate surface area is 173 Å². The van der Waals surface area contributed by atoms with Crippen LogP contribution in [0.1, 0.15) is 45.4 Å². The van der Waals surface area contributed by atoms with Gasteiger partial charge in [-0.15, -0.1) is 0 Å². The van der Waals surface area contributed by atoms with E-state index in [4.69, 9.17) is 9.15 Å². The lowest BCUT2D eigenvalue weighted by Gasteiger charge is -2.08. The van der Waals surface area contributed by atoms with E-state index in [0.717, 1.165) is 16.8 Å². The van der Waals surface area contributed by atoms with Crippen molar-refractivity contribution in [3.8, 4) is 17.5 Å². The number of benzene rings is 1. The SMILES string of the molecule is CCOC(=O)c1cc(C#N)c(SCc2coc(-c3ccc(C)cc3C)n2)nc1C. The van der Waals surface area contributed by atoms with Crippen LogP contribution in [0.4, 0.5) is 0 Å². The first kappa shape index (κ1) is 20.6. The summed E-state index contributed by atoms with van der Waals surface area (Å²) in [5.41, 5.74) is 5.17. The average molecular weight is 407 g/mol. The van der Waals surface area contributed by atoms with Gasteiger partial charge in [0.15, 0.2) is 0 Å². The molecule has 148 valence electrons. The van der Waals surface area contributed by atoms with Crippen LogP contribution in [-0.4, -0.2) is 22.5 Å². The molecule has 6 nitrogen and oxygen atoms in total. The molecule has 0 unspecified atom stereocenters. The molecular formula is C22H21N3O3S. The van der Waals surface area contributed by atoms with Crippen molar-refractivity contribution >= 4 is 17.7 Å². The number of esters is 1. The number of aryl methyl sites for hydroxylation is 3. The molecule has 0 fully saturated rings. The maximum atomic E-state index is 12.0. The van der Waals surface area contributed by atoms with Crippen LogP contribution in [0, 0.1) is 32.1 Å². The molecule has 2 heterocycles. The molecule has 1 aromatic carbocycles. The quantitative estimate of drug-likeness (QED) is 0.419. The summed E-state index contributed by atoms with van der Waals surface area (Å²) in [6, 6.07) is 9.75. The fourth-order valence-electron chi connectivity index (χ4n) is 2.88. The van der Waals surface area contributed by atoms with E-state index in [2.05, 4.69) is 22.1 Å². The third-order valence-corrected chi connectivity index (χ3v) is 5.34. The molecule has 0 aliphatic rings. The minimum atomic E-state index is -0.472. The monoisotopic (exact) mass is 407 g/mol. The second-order valence-electron chi connectivity index (χ2n) is 6.56. The molecule has 0 radical (unpaired) electrons. The summed E-state index contributed by atoms with van der Waals surface area (Å²) in [5.74, 6) is 0.592. The molecular weight excluding hydrogens is 386 g/mol. The molecule has 0 aliphatic carbocycles. The van der Waals surface area contributed by atoms with Gasteiger partial charge >= 0.3 is 5.97 Å². The minimum absolute atomic E-state index is 0.269. The minimum Gasteiger partial charge on any atom is -0.462 e. The molecule has 0 saturated carbocycles. The van der Waals surface area contributed by atoms with Crippen molar-refractivity contribution in [3.05, 3.63) is 64.2 Å². The van der Waals surface area contributed by atoms with Crippen molar-refractivity contribution < 1.29 is 13.9 Å².